The number of aryl methyl sites for hydroxylation is 1. The van der Waals surface area contributed by atoms with E-state index in [1.165, 1.54) is 0 Å². The molecule has 0 radical (unpaired) electrons. The lowest BCUT2D eigenvalue weighted by Crippen LogP contribution is -2.44. The summed E-state index contributed by atoms with van der Waals surface area (Å²) in [6, 6.07) is 6.56. The third-order valence-corrected chi connectivity index (χ3v) is 5.51. The summed E-state index contributed by atoms with van der Waals surface area (Å²) in [6.07, 6.45) is 3.70. The molecule has 1 N–H and O–H groups in total. The number of rotatable bonds is 5. The maximum atomic E-state index is 13.3. The van der Waals surface area contributed by atoms with Gasteiger partial charge in [0, 0.05) is 29.4 Å². The quantitative estimate of drug-likeness (QED) is 0.648. The number of anilines is 1. The molecule has 3 heterocycles. The van der Waals surface area contributed by atoms with Gasteiger partial charge in [-0.15, -0.1) is 0 Å². The maximum absolute atomic E-state index is 13.3. The number of hydrogen-bond acceptors (Lipinski definition) is 6. The van der Waals surface area contributed by atoms with Gasteiger partial charge in [0.2, 0.25) is 17.6 Å². The molecule has 31 heavy (non-hydrogen) atoms. The molecule has 0 atom stereocenters. The van der Waals surface area contributed by atoms with Gasteiger partial charge in [0.1, 0.15) is 12.1 Å². The second kappa shape index (κ2) is 8.89. The number of benzene rings is 1. The van der Waals surface area contributed by atoms with Gasteiger partial charge in [-0.05, 0) is 43.5 Å². The molecule has 0 saturated heterocycles. The Bertz CT molecular complexity index is 1230. The van der Waals surface area contributed by atoms with Gasteiger partial charge in [-0.2, -0.15) is 4.98 Å². The van der Waals surface area contributed by atoms with Gasteiger partial charge < -0.3 is 9.84 Å². The van der Waals surface area contributed by atoms with Crippen LogP contribution in [0.25, 0.3) is 11.4 Å². The molecule has 162 valence electrons. The van der Waals surface area contributed by atoms with E-state index in [9.17, 15) is 14.4 Å². The summed E-state index contributed by atoms with van der Waals surface area (Å²) in [5.41, 5.74) is 0.252. The second-order valence-electron chi connectivity index (χ2n) is 7.38. The van der Waals surface area contributed by atoms with E-state index in [4.69, 9.17) is 16.1 Å². The van der Waals surface area contributed by atoms with Crippen molar-refractivity contribution >= 4 is 23.2 Å². The van der Waals surface area contributed by atoms with Crippen LogP contribution < -0.4 is 16.6 Å². The molecule has 2 aromatic heterocycles. The van der Waals surface area contributed by atoms with Gasteiger partial charge in [0.25, 0.3) is 5.56 Å². The Morgan fingerprint density at radius 1 is 1.19 bits per heavy atom. The van der Waals surface area contributed by atoms with Crippen LogP contribution in [0.3, 0.4) is 0 Å². The highest BCUT2D eigenvalue weighted by molar-refractivity contribution is 6.30. The molecule has 4 rings (SSSR count). The van der Waals surface area contributed by atoms with E-state index >= 15 is 0 Å². The minimum absolute atomic E-state index is 0.152. The zero-order chi connectivity index (χ0) is 22.0. The molecule has 3 aromatic rings. The third-order valence-electron chi connectivity index (χ3n) is 5.25. The molecule has 9 nitrogen and oxygen atoms in total. The first-order valence-electron chi connectivity index (χ1n) is 10.2. The molecule has 1 aliphatic heterocycles. The Morgan fingerprint density at radius 2 is 1.97 bits per heavy atom. The SMILES string of the molecule is CCc1nc(-c2c3n(c(=O)n(CC(=O)Nc4ccc(Cl)cc4)c2=O)CCCCC3)no1. The van der Waals surface area contributed by atoms with Crippen molar-refractivity contribution in [3.63, 3.8) is 0 Å². The Labute approximate surface area is 182 Å². The van der Waals surface area contributed by atoms with Gasteiger partial charge in [0.15, 0.2) is 0 Å². The minimum Gasteiger partial charge on any atom is -0.339 e. The molecule has 0 spiro atoms. The van der Waals surface area contributed by atoms with Crippen molar-refractivity contribution < 1.29 is 9.32 Å². The molecule has 0 bridgehead atoms. The van der Waals surface area contributed by atoms with Crippen LogP contribution in [0.4, 0.5) is 5.69 Å². The fraction of sp³-hybridized carbons (Fsp3) is 0.381. The van der Waals surface area contributed by atoms with Crippen molar-refractivity contribution in [1.29, 1.82) is 0 Å². The number of carbonyl (C=O) groups excluding carboxylic acids is 1. The summed E-state index contributed by atoms with van der Waals surface area (Å²) < 4.78 is 7.71. The summed E-state index contributed by atoms with van der Waals surface area (Å²) in [7, 11) is 0. The molecule has 1 aromatic carbocycles. The van der Waals surface area contributed by atoms with Gasteiger partial charge in [-0.1, -0.05) is 30.1 Å². The lowest BCUT2D eigenvalue weighted by atomic mass is 10.1. The highest BCUT2D eigenvalue weighted by atomic mass is 35.5. The minimum atomic E-state index is -0.590. The van der Waals surface area contributed by atoms with E-state index in [1.54, 1.807) is 28.8 Å². The van der Waals surface area contributed by atoms with Crippen molar-refractivity contribution in [1.82, 2.24) is 19.3 Å². The summed E-state index contributed by atoms with van der Waals surface area (Å²) in [4.78, 5) is 43.4. The predicted molar refractivity (Wildman–Crippen MR) is 115 cm³/mol. The number of fused-ring (bicyclic) bond motifs is 1. The molecular weight excluding hydrogens is 422 g/mol. The summed E-state index contributed by atoms with van der Waals surface area (Å²) >= 11 is 5.87. The van der Waals surface area contributed by atoms with E-state index < -0.39 is 23.7 Å². The van der Waals surface area contributed by atoms with E-state index in [-0.39, 0.29) is 11.4 Å². The lowest BCUT2D eigenvalue weighted by Gasteiger charge is -2.16. The zero-order valence-corrected chi connectivity index (χ0v) is 17.8. The number of nitrogens with one attached hydrogen (secondary N) is 1. The van der Waals surface area contributed by atoms with Crippen LogP contribution in [0.5, 0.6) is 0 Å². The van der Waals surface area contributed by atoms with Crippen molar-refractivity contribution in [2.45, 2.75) is 52.1 Å². The van der Waals surface area contributed by atoms with Crippen molar-refractivity contribution in [2.75, 3.05) is 5.32 Å². The zero-order valence-electron chi connectivity index (χ0n) is 17.1. The van der Waals surface area contributed by atoms with Crippen molar-refractivity contribution in [2.24, 2.45) is 0 Å². The van der Waals surface area contributed by atoms with E-state index in [0.717, 1.165) is 23.8 Å². The first-order chi connectivity index (χ1) is 15.0. The van der Waals surface area contributed by atoms with E-state index in [1.807, 2.05) is 6.92 Å². The van der Waals surface area contributed by atoms with Crippen LogP contribution in [0, 0.1) is 0 Å². The molecule has 1 amide bonds. The molecule has 0 aliphatic carbocycles. The van der Waals surface area contributed by atoms with Crippen LogP contribution in [0.1, 0.15) is 37.8 Å². The Balaban J connectivity index is 1.77. The summed E-state index contributed by atoms with van der Waals surface area (Å²) in [5, 5.41) is 7.17. The Morgan fingerprint density at radius 3 is 2.68 bits per heavy atom. The highest BCUT2D eigenvalue weighted by Gasteiger charge is 2.25. The van der Waals surface area contributed by atoms with Crippen LogP contribution in [-0.2, 0) is 30.7 Å². The van der Waals surface area contributed by atoms with Gasteiger partial charge in [-0.3, -0.25) is 18.7 Å². The number of carbonyl (C=O) groups is 1. The molecule has 0 fully saturated rings. The standard InChI is InChI=1S/C21H22ClN5O4/c1-2-17-24-19(25-31-17)18-15-6-4-3-5-11-26(15)21(30)27(20(18)29)12-16(28)23-14-9-7-13(22)8-10-14/h7-10H,2-6,11-12H2,1H3,(H,23,28). The van der Waals surface area contributed by atoms with Crippen molar-refractivity contribution in [3.05, 3.63) is 61.7 Å². The van der Waals surface area contributed by atoms with E-state index in [2.05, 4.69) is 15.5 Å². The fourth-order valence-electron chi connectivity index (χ4n) is 3.71. The normalized spacial score (nSPS) is 13.5. The molecule has 10 heteroatoms. The molecule has 0 saturated carbocycles. The predicted octanol–water partition coefficient (Wildman–Crippen LogP) is 2.64. The number of hydrogen-bond donors (Lipinski definition) is 1. The first-order valence-corrected chi connectivity index (χ1v) is 10.6. The summed E-state index contributed by atoms with van der Waals surface area (Å²) in [5.74, 6) is 0.0587. The topological polar surface area (TPSA) is 112 Å². The maximum Gasteiger partial charge on any atom is 0.331 e. The van der Waals surface area contributed by atoms with Crippen LogP contribution >= 0.6 is 11.6 Å². The highest BCUT2D eigenvalue weighted by Crippen LogP contribution is 2.21. The van der Waals surface area contributed by atoms with Gasteiger partial charge in [-0.25, -0.2) is 4.79 Å². The monoisotopic (exact) mass is 443 g/mol. The lowest BCUT2D eigenvalue weighted by molar-refractivity contribution is -0.116. The number of amides is 1. The molecule has 0 unspecified atom stereocenters. The van der Waals surface area contributed by atoms with Gasteiger partial charge in [0.05, 0.1) is 0 Å². The molecule has 1 aliphatic rings. The first kappa shape index (κ1) is 21.0. The smallest absolute Gasteiger partial charge is 0.331 e. The van der Waals surface area contributed by atoms with Crippen LogP contribution in [0.15, 0.2) is 38.4 Å². The van der Waals surface area contributed by atoms with Crippen LogP contribution in [-0.4, -0.2) is 25.2 Å². The molecular formula is C21H22ClN5O4. The number of nitrogens with zero attached hydrogens (tertiary/aromatic N) is 4. The Kier molecular flexibility index (Phi) is 6.03. The largest absolute Gasteiger partial charge is 0.339 e. The fourth-order valence-corrected chi connectivity index (χ4v) is 3.84. The van der Waals surface area contributed by atoms with Gasteiger partial charge >= 0.3 is 5.69 Å². The average molecular weight is 444 g/mol. The third kappa shape index (κ3) is 4.32. The second-order valence-corrected chi connectivity index (χ2v) is 7.81. The van der Waals surface area contributed by atoms with Crippen molar-refractivity contribution in [3.8, 4) is 11.4 Å². The van der Waals surface area contributed by atoms with Crippen LogP contribution in [0.2, 0.25) is 5.02 Å². The Hall–Kier alpha value is -3.20. The van der Waals surface area contributed by atoms with E-state index in [0.29, 0.717) is 41.7 Å². The average Bonchev–Trinajstić information content (AvgIpc) is 3.09. The summed E-state index contributed by atoms with van der Waals surface area (Å²) in [6.45, 7) is 1.91. The number of aromatic nitrogens is 4. The number of halogens is 1.